The number of hydrogen-bond donors (Lipinski definition) is 1. The lowest BCUT2D eigenvalue weighted by Crippen LogP contribution is -2.40. The van der Waals surface area contributed by atoms with Crippen molar-refractivity contribution in [3.63, 3.8) is 0 Å². The van der Waals surface area contributed by atoms with Gasteiger partial charge in [-0.3, -0.25) is 14.1 Å². The summed E-state index contributed by atoms with van der Waals surface area (Å²) in [5.74, 6) is -2.01. The number of hydrogen-bond acceptors (Lipinski definition) is 6. The summed E-state index contributed by atoms with van der Waals surface area (Å²) in [7, 11) is -4.80. The molecule has 0 aliphatic heterocycles. The third kappa shape index (κ3) is 10.1. The van der Waals surface area contributed by atoms with Crippen molar-refractivity contribution in [2.75, 3.05) is 0 Å². The molecular formula is C18H34O7S. The van der Waals surface area contributed by atoms with Crippen LogP contribution in [0.4, 0.5) is 0 Å². The fraction of sp³-hybridized carbons (Fsp3) is 0.889. The van der Waals surface area contributed by atoms with Gasteiger partial charge in [-0.05, 0) is 53.4 Å². The minimum absolute atomic E-state index is 0.544. The van der Waals surface area contributed by atoms with Crippen LogP contribution in [-0.2, 0) is 29.2 Å². The molecule has 0 amide bonds. The summed E-state index contributed by atoms with van der Waals surface area (Å²) in [5, 5.41) is -1.99. The molecular weight excluding hydrogens is 360 g/mol. The highest BCUT2D eigenvalue weighted by molar-refractivity contribution is 7.87. The van der Waals surface area contributed by atoms with Gasteiger partial charge in [0.25, 0.3) is 10.1 Å². The standard InChI is InChI=1S/C18H34O7S/c1-7-9-11-17(3,4)24-15(19)13-14(26(21,22)23)16(20)25-18(5,6)12-10-8-2/h14H,7-13H2,1-6H3,(H,21,22,23). The Labute approximate surface area is 157 Å². The van der Waals surface area contributed by atoms with Crippen molar-refractivity contribution in [2.45, 2.75) is 103 Å². The Morgan fingerprint density at radius 3 is 1.73 bits per heavy atom. The third-order valence-electron chi connectivity index (χ3n) is 4.01. The first kappa shape index (κ1) is 24.8. The predicted molar refractivity (Wildman–Crippen MR) is 99.3 cm³/mol. The van der Waals surface area contributed by atoms with Crippen LogP contribution in [0, 0.1) is 0 Å². The van der Waals surface area contributed by atoms with Gasteiger partial charge in [0.05, 0.1) is 6.42 Å². The molecule has 0 fully saturated rings. The molecule has 0 aromatic carbocycles. The Morgan fingerprint density at radius 1 is 0.923 bits per heavy atom. The zero-order valence-corrected chi connectivity index (χ0v) is 17.6. The molecule has 0 bridgehead atoms. The normalized spacial score (nSPS) is 14.0. The van der Waals surface area contributed by atoms with E-state index < -0.39 is 44.9 Å². The molecule has 1 unspecified atom stereocenters. The number of carbonyl (C=O) groups is 2. The largest absolute Gasteiger partial charge is 0.460 e. The van der Waals surface area contributed by atoms with Crippen molar-refractivity contribution in [2.24, 2.45) is 0 Å². The minimum atomic E-state index is -4.80. The summed E-state index contributed by atoms with van der Waals surface area (Å²) in [6.07, 6.45) is 3.83. The molecule has 0 saturated carbocycles. The van der Waals surface area contributed by atoms with E-state index in [1.165, 1.54) is 0 Å². The van der Waals surface area contributed by atoms with Gasteiger partial charge in [0.2, 0.25) is 0 Å². The van der Waals surface area contributed by atoms with Crippen LogP contribution in [0.25, 0.3) is 0 Å². The first-order valence-electron chi connectivity index (χ1n) is 9.15. The van der Waals surface area contributed by atoms with Crippen LogP contribution in [0.15, 0.2) is 0 Å². The molecule has 26 heavy (non-hydrogen) atoms. The van der Waals surface area contributed by atoms with Gasteiger partial charge in [0.15, 0.2) is 5.25 Å². The Balaban J connectivity index is 5.07. The topological polar surface area (TPSA) is 107 Å². The van der Waals surface area contributed by atoms with Gasteiger partial charge in [0, 0.05) is 0 Å². The fourth-order valence-corrected chi connectivity index (χ4v) is 3.09. The van der Waals surface area contributed by atoms with E-state index in [0.29, 0.717) is 12.8 Å². The van der Waals surface area contributed by atoms with Gasteiger partial charge in [-0.2, -0.15) is 8.42 Å². The Morgan fingerprint density at radius 2 is 1.35 bits per heavy atom. The monoisotopic (exact) mass is 394 g/mol. The molecule has 8 heteroatoms. The van der Waals surface area contributed by atoms with E-state index in [-0.39, 0.29) is 0 Å². The van der Waals surface area contributed by atoms with Crippen molar-refractivity contribution in [1.82, 2.24) is 0 Å². The maximum absolute atomic E-state index is 12.3. The molecule has 0 spiro atoms. The number of unbranched alkanes of at least 4 members (excludes halogenated alkanes) is 2. The van der Waals surface area contributed by atoms with Crippen molar-refractivity contribution < 1.29 is 32.0 Å². The van der Waals surface area contributed by atoms with Crippen LogP contribution in [0.2, 0.25) is 0 Å². The summed E-state index contributed by atoms with van der Waals surface area (Å²) in [6.45, 7) is 10.7. The third-order valence-corrected chi connectivity index (χ3v) is 5.08. The van der Waals surface area contributed by atoms with Crippen LogP contribution in [0.1, 0.15) is 86.5 Å². The predicted octanol–water partition coefficient (Wildman–Crippen LogP) is 3.66. The zero-order chi connectivity index (χ0) is 20.6. The molecule has 0 saturated heterocycles. The first-order valence-corrected chi connectivity index (χ1v) is 10.7. The molecule has 154 valence electrons. The molecule has 0 heterocycles. The van der Waals surface area contributed by atoms with Crippen LogP contribution in [0.3, 0.4) is 0 Å². The summed E-state index contributed by atoms with van der Waals surface area (Å²) in [6, 6.07) is 0. The van der Waals surface area contributed by atoms with Crippen LogP contribution >= 0.6 is 0 Å². The minimum Gasteiger partial charge on any atom is -0.460 e. The summed E-state index contributed by atoms with van der Waals surface area (Å²) >= 11 is 0. The number of ether oxygens (including phenoxy) is 2. The highest BCUT2D eigenvalue weighted by atomic mass is 32.2. The van der Waals surface area contributed by atoms with Crippen molar-refractivity contribution in [3.8, 4) is 0 Å². The summed E-state index contributed by atoms with van der Waals surface area (Å²) in [4.78, 5) is 24.4. The van der Waals surface area contributed by atoms with Crippen molar-refractivity contribution in [3.05, 3.63) is 0 Å². The van der Waals surface area contributed by atoms with Crippen LogP contribution in [-0.4, -0.2) is 41.4 Å². The van der Waals surface area contributed by atoms with E-state index in [1.807, 2.05) is 13.8 Å². The van der Waals surface area contributed by atoms with Crippen molar-refractivity contribution in [1.29, 1.82) is 0 Å². The molecule has 0 aliphatic carbocycles. The first-order chi connectivity index (χ1) is 11.7. The van der Waals surface area contributed by atoms with Crippen LogP contribution in [0.5, 0.6) is 0 Å². The van der Waals surface area contributed by atoms with E-state index in [9.17, 15) is 22.6 Å². The average Bonchev–Trinajstić information content (AvgIpc) is 2.46. The lowest BCUT2D eigenvalue weighted by molar-refractivity contribution is -0.164. The maximum Gasteiger partial charge on any atom is 0.327 e. The smallest absolute Gasteiger partial charge is 0.327 e. The number of esters is 2. The van der Waals surface area contributed by atoms with E-state index >= 15 is 0 Å². The van der Waals surface area contributed by atoms with Gasteiger partial charge in [0.1, 0.15) is 11.2 Å². The molecule has 0 radical (unpaired) electrons. The summed E-state index contributed by atoms with van der Waals surface area (Å²) in [5.41, 5.74) is -1.67. The Kier molecular flexibility index (Phi) is 9.80. The van der Waals surface area contributed by atoms with E-state index in [1.54, 1.807) is 27.7 Å². The average molecular weight is 395 g/mol. The fourth-order valence-electron chi connectivity index (χ4n) is 2.46. The second-order valence-electron chi connectivity index (χ2n) is 7.83. The van der Waals surface area contributed by atoms with Gasteiger partial charge in [-0.15, -0.1) is 0 Å². The SMILES string of the molecule is CCCCC(C)(C)OC(=O)CC(C(=O)OC(C)(C)CCCC)S(=O)(=O)O. The molecule has 1 atom stereocenters. The molecule has 0 aromatic rings. The molecule has 0 rings (SSSR count). The van der Waals surface area contributed by atoms with Gasteiger partial charge < -0.3 is 9.47 Å². The van der Waals surface area contributed by atoms with Crippen molar-refractivity contribution >= 4 is 22.1 Å². The Bertz CT molecular complexity index is 564. The van der Waals surface area contributed by atoms with Crippen LogP contribution < -0.4 is 0 Å². The molecule has 7 nitrogen and oxygen atoms in total. The summed E-state index contributed by atoms with van der Waals surface area (Å²) < 4.78 is 43.1. The van der Waals surface area contributed by atoms with E-state index in [2.05, 4.69) is 0 Å². The zero-order valence-electron chi connectivity index (χ0n) is 16.8. The lowest BCUT2D eigenvalue weighted by atomic mass is 10.0. The lowest BCUT2D eigenvalue weighted by Gasteiger charge is -2.28. The Hall–Kier alpha value is -1.15. The quantitative estimate of drug-likeness (QED) is 0.397. The number of carbonyl (C=O) groups excluding carboxylic acids is 2. The maximum atomic E-state index is 12.3. The van der Waals surface area contributed by atoms with E-state index in [4.69, 9.17) is 9.47 Å². The second-order valence-corrected chi connectivity index (χ2v) is 9.43. The van der Waals surface area contributed by atoms with Gasteiger partial charge in [-0.25, -0.2) is 0 Å². The molecule has 0 aliphatic rings. The number of rotatable bonds is 12. The highest BCUT2D eigenvalue weighted by Gasteiger charge is 2.39. The second kappa shape index (κ2) is 10.3. The van der Waals surface area contributed by atoms with Gasteiger partial charge >= 0.3 is 11.9 Å². The highest BCUT2D eigenvalue weighted by Crippen LogP contribution is 2.23. The van der Waals surface area contributed by atoms with Gasteiger partial charge in [-0.1, -0.05) is 26.7 Å². The molecule has 1 N–H and O–H groups in total. The molecule has 0 aromatic heterocycles. The van der Waals surface area contributed by atoms with E-state index in [0.717, 1.165) is 25.7 Å².